The van der Waals surface area contributed by atoms with E-state index in [9.17, 15) is 4.79 Å². The summed E-state index contributed by atoms with van der Waals surface area (Å²) in [5.74, 6) is 0.925. The normalized spacial score (nSPS) is 13.6. The van der Waals surface area contributed by atoms with E-state index in [-0.39, 0.29) is 36.4 Å². The SMILES string of the molecule is C=CCCCCCN(C)C(=NCC(=O)N1CCc2sccc2C1)NCC.I. The number of rotatable bonds is 9. The average molecular weight is 504 g/mol. The van der Waals surface area contributed by atoms with Gasteiger partial charge >= 0.3 is 0 Å². The minimum Gasteiger partial charge on any atom is -0.357 e. The van der Waals surface area contributed by atoms with Crippen molar-refractivity contribution in [2.75, 3.05) is 33.2 Å². The van der Waals surface area contributed by atoms with Crippen molar-refractivity contribution in [1.29, 1.82) is 0 Å². The fourth-order valence-corrected chi connectivity index (χ4v) is 3.98. The van der Waals surface area contributed by atoms with Gasteiger partial charge in [-0.25, -0.2) is 4.99 Å². The first-order valence-corrected chi connectivity index (χ1v) is 10.5. The first-order chi connectivity index (χ1) is 12.7. The molecule has 0 aromatic carbocycles. The summed E-state index contributed by atoms with van der Waals surface area (Å²) in [5, 5.41) is 5.41. The highest BCUT2D eigenvalue weighted by molar-refractivity contribution is 14.0. The van der Waals surface area contributed by atoms with Crippen LogP contribution in [-0.2, 0) is 17.8 Å². The lowest BCUT2D eigenvalue weighted by molar-refractivity contribution is -0.130. The number of hydrogen-bond donors (Lipinski definition) is 1. The number of nitrogens with one attached hydrogen (secondary N) is 1. The highest BCUT2D eigenvalue weighted by Crippen LogP contribution is 2.23. The van der Waals surface area contributed by atoms with Gasteiger partial charge in [-0.2, -0.15) is 0 Å². The van der Waals surface area contributed by atoms with Crippen LogP contribution in [0.2, 0.25) is 0 Å². The molecule has 1 aromatic rings. The maximum atomic E-state index is 12.6. The van der Waals surface area contributed by atoms with Crippen molar-refractivity contribution < 1.29 is 4.79 Å². The van der Waals surface area contributed by atoms with Gasteiger partial charge in [0.15, 0.2) is 5.96 Å². The van der Waals surface area contributed by atoms with Crippen LogP contribution in [0.1, 0.15) is 43.0 Å². The largest absolute Gasteiger partial charge is 0.357 e. The third-order valence-corrected chi connectivity index (χ3v) is 5.65. The van der Waals surface area contributed by atoms with Crippen LogP contribution >= 0.6 is 35.3 Å². The van der Waals surface area contributed by atoms with Crippen molar-refractivity contribution in [1.82, 2.24) is 15.1 Å². The van der Waals surface area contributed by atoms with Gasteiger partial charge in [0.1, 0.15) is 6.54 Å². The van der Waals surface area contributed by atoms with Crippen molar-refractivity contribution >= 4 is 47.2 Å². The van der Waals surface area contributed by atoms with Gasteiger partial charge in [0.25, 0.3) is 0 Å². The second-order valence-corrected chi connectivity index (χ2v) is 7.66. The smallest absolute Gasteiger partial charge is 0.244 e. The molecule has 0 unspecified atom stereocenters. The highest BCUT2D eigenvalue weighted by Gasteiger charge is 2.21. The number of fused-ring (bicyclic) bond motifs is 1. The Kier molecular flexibility index (Phi) is 11.7. The maximum Gasteiger partial charge on any atom is 0.244 e. The highest BCUT2D eigenvalue weighted by atomic mass is 127. The Morgan fingerprint density at radius 1 is 1.44 bits per heavy atom. The third kappa shape index (κ3) is 7.81. The van der Waals surface area contributed by atoms with Gasteiger partial charge in [0.2, 0.25) is 5.91 Å². The summed E-state index contributed by atoms with van der Waals surface area (Å²) in [4.78, 5) is 22.6. The molecule has 2 heterocycles. The molecule has 152 valence electrons. The Balaban J connectivity index is 0.00000364. The minimum absolute atomic E-state index is 0. The van der Waals surface area contributed by atoms with Crippen molar-refractivity contribution in [2.24, 2.45) is 4.99 Å². The summed E-state index contributed by atoms with van der Waals surface area (Å²) < 4.78 is 0. The summed E-state index contributed by atoms with van der Waals surface area (Å²) in [6.07, 6.45) is 7.51. The molecule has 1 aliphatic rings. The van der Waals surface area contributed by atoms with Crippen LogP contribution in [0.4, 0.5) is 0 Å². The average Bonchev–Trinajstić information content (AvgIpc) is 3.12. The molecule has 0 saturated heterocycles. The molecule has 0 atom stereocenters. The molecule has 27 heavy (non-hydrogen) atoms. The quantitative estimate of drug-likeness (QED) is 0.183. The van der Waals surface area contributed by atoms with Crippen LogP contribution in [0.5, 0.6) is 0 Å². The number of allylic oxidation sites excluding steroid dienone is 1. The monoisotopic (exact) mass is 504 g/mol. The van der Waals surface area contributed by atoms with Gasteiger partial charge in [-0.15, -0.1) is 41.9 Å². The van der Waals surface area contributed by atoms with Gasteiger partial charge in [0, 0.05) is 38.1 Å². The van der Waals surface area contributed by atoms with E-state index in [1.54, 1.807) is 11.3 Å². The topological polar surface area (TPSA) is 47.9 Å². The van der Waals surface area contributed by atoms with Crippen molar-refractivity contribution in [3.05, 3.63) is 34.5 Å². The number of aliphatic imine (C=N–C) groups is 1. The number of thiophene rings is 1. The fraction of sp³-hybridized carbons (Fsp3) is 0.600. The van der Waals surface area contributed by atoms with E-state index >= 15 is 0 Å². The van der Waals surface area contributed by atoms with Gasteiger partial charge in [-0.05, 0) is 49.6 Å². The van der Waals surface area contributed by atoms with Crippen LogP contribution < -0.4 is 5.32 Å². The van der Waals surface area contributed by atoms with E-state index in [1.165, 1.54) is 23.3 Å². The summed E-state index contributed by atoms with van der Waals surface area (Å²) in [6, 6.07) is 2.13. The standard InChI is InChI=1S/C20H32N4OS.HI/c1-4-6-7-8-9-12-23(3)20(21-5-2)22-15-19(25)24-13-10-18-17(16-24)11-14-26-18;/h4,11,14H,1,5-10,12-13,15-16H2,2-3H3,(H,21,22);1H. The number of amides is 1. The molecule has 0 spiro atoms. The maximum absolute atomic E-state index is 12.6. The van der Waals surface area contributed by atoms with Crippen molar-refractivity contribution in [3.8, 4) is 0 Å². The third-order valence-electron chi connectivity index (χ3n) is 4.62. The number of nitrogens with zero attached hydrogens (tertiary/aromatic N) is 3. The van der Waals surface area contributed by atoms with Crippen LogP contribution in [0.25, 0.3) is 0 Å². The molecule has 1 N–H and O–H groups in total. The number of hydrogen-bond acceptors (Lipinski definition) is 3. The lowest BCUT2D eigenvalue weighted by atomic mass is 10.1. The number of carbonyl (C=O) groups is 1. The van der Waals surface area contributed by atoms with E-state index in [0.29, 0.717) is 0 Å². The number of guanidine groups is 1. The van der Waals surface area contributed by atoms with E-state index in [0.717, 1.165) is 51.4 Å². The number of carbonyl (C=O) groups excluding carboxylic acids is 1. The molecule has 0 saturated carbocycles. The fourth-order valence-electron chi connectivity index (χ4n) is 3.09. The Labute approximate surface area is 184 Å². The molecule has 1 aliphatic heterocycles. The first kappa shape index (κ1) is 23.9. The molecule has 0 bridgehead atoms. The van der Waals surface area contributed by atoms with Crippen LogP contribution in [0.15, 0.2) is 29.1 Å². The van der Waals surface area contributed by atoms with E-state index in [2.05, 4.69) is 40.2 Å². The lowest BCUT2D eigenvalue weighted by Gasteiger charge is -2.27. The van der Waals surface area contributed by atoms with Crippen LogP contribution in [-0.4, -0.2) is 54.9 Å². The van der Waals surface area contributed by atoms with E-state index in [1.807, 2.05) is 18.0 Å². The van der Waals surface area contributed by atoms with Crippen molar-refractivity contribution in [2.45, 2.75) is 45.6 Å². The summed E-state index contributed by atoms with van der Waals surface area (Å²) in [6.45, 7) is 9.30. The molecule has 0 radical (unpaired) electrons. The first-order valence-electron chi connectivity index (χ1n) is 9.59. The zero-order chi connectivity index (χ0) is 18.8. The summed E-state index contributed by atoms with van der Waals surface area (Å²) in [5.41, 5.74) is 1.29. The van der Waals surface area contributed by atoms with Gasteiger partial charge in [0.05, 0.1) is 0 Å². The molecule has 0 fully saturated rings. The molecule has 1 aromatic heterocycles. The molecule has 1 amide bonds. The molecule has 5 nitrogen and oxygen atoms in total. The van der Waals surface area contributed by atoms with E-state index < -0.39 is 0 Å². The Bertz CT molecular complexity index is 617. The molecular formula is C20H33IN4OS. The lowest BCUT2D eigenvalue weighted by Crippen LogP contribution is -2.41. The van der Waals surface area contributed by atoms with Crippen LogP contribution in [0.3, 0.4) is 0 Å². The van der Waals surface area contributed by atoms with E-state index in [4.69, 9.17) is 0 Å². The number of unbranched alkanes of at least 4 members (excludes halogenated alkanes) is 3. The molecule has 0 aliphatic carbocycles. The molecular weight excluding hydrogens is 471 g/mol. The predicted octanol–water partition coefficient (Wildman–Crippen LogP) is 3.89. The number of halogens is 1. The molecule has 2 rings (SSSR count). The van der Waals surface area contributed by atoms with Crippen molar-refractivity contribution in [3.63, 3.8) is 0 Å². The minimum atomic E-state index is 0. The Morgan fingerprint density at radius 2 is 2.26 bits per heavy atom. The Hall–Kier alpha value is -1.09. The zero-order valence-electron chi connectivity index (χ0n) is 16.6. The predicted molar refractivity (Wildman–Crippen MR) is 126 cm³/mol. The van der Waals surface area contributed by atoms with Gasteiger partial charge in [-0.1, -0.05) is 12.5 Å². The summed E-state index contributed by atoms with van der Waals surface area (Å²) in [7, 11) is 2.04. The molecule has 7 heteroatoms. The Morgan fingerprint density at radius 3 is 3.00 bits per heavy atom. The van der Waals surface area contributed by atoms with Crippen LogP contribution in [0, 0.1) is 0 Å². The second kappa shape index (κ2) is 13.1. The van der Waals surface area contributed by atoms with Gasteiger partial charge in [-0.3, -0.25) is 4.79 Å². The summed E-state index contributed by atoms with van der Waals surface area (Å²) >= 11 is 1.79. The second-order valence-electron chi connectivity index (χ2n) is 6.66. The zero-order valence-corrected chi connectivity index (χ0v) is 19.7. The van der Waals surface area contributed by atoms with Gasteiger partial charge < -0.3 is 15.1 Å².